The Morgan fingerprint density at radius 2 is 2.25 bits per heavy atom. The first kappa shape index (κ1) is 19.9. The molecule has 6 heteroatoms. The number of thioether (sulfide) groups is 2. The average Bonchev–Trinajstić information content (AvgIpc) is 2.76. The zero-order valence-corrected chi connectivity index (χ0v) is 18.4. The highest BCUT2D eigenvalue weighted by atomic mass is 32.2. The Balaban J connectivity index is 1.80. The lowest BCUT2D eigenvalue weighted by molar-refractivity contribution is -0.000816. The minimum atomic E-state index is 0.133. The number of hydrogen-bond donors (Lipinski definition) is 0. The SMILES string of the molecule is CCC1CN2CCC1CC2C(SC#N)c1cc(SC)nc2ccc(OC)cc12. The van der Waals surface area contributed by atoms with E-state index in [1.165, 1.54) is 43.1 Å². The average molecular weight is 414 g/mol. The summed E-state index contributed by atoms with van der Waals surface area (Å²) in [4.78, 5) is 7.44. The first-order valence-corrected chi connectivity index (χ1v) is 12.1. The molecule has 3 saturated heterocycles. The number of ether oxygens (including phenoxy) is 1. The maximum atomic E-state index is 9.65. The van der Waals surface area contributed by atoms with Crippen LogP contribution in [0.15, 0.2) is 29.3 Å². The van der Waals surface area contributed by atoms with Crippen molar-refractivity contribution in [3.63, 3.8) is 0 Å². The number of thiocyanates is 1. The quantitative estimate of drug-likeness (QED) is 0.470. The van der Waals surface area contributed by atoms with E-state index in [4.69, 9.17) is 9.72 Å². The van der Waals surface area contributed by atoms with Gasteiger partial charge in [0.15, 0.2) is 0 Å². The lowest BCUT2D eigenvalue weighted by atomic mass is 9.73. The van der Waals surface area contributed by atoms with E-state index in [2.05, 4.69) is 35.6 Å². The molecule has 0 amide bonds. The van der Waals surface area contributed by atoms with Crippen molar-refractivity contribution in [3.8, 4) is 11.2 Å². The van der Waals surface area contributed by atoms with E-state index in [0.717, 1.165) is 40.1 Å². The number of piperidine rings is 3. The van der Waals surface area contributed by atoms with Gasteiger partial charge in [-0.15, -0.1) is 11.8 Å². The highest BCUT2D eigenvalue weighted by molar-refractivity contribution is 8.04. The fourth-order valence-corrected chi connectivity index (χ4v) is 6.35. The number of pyridine rings is 1. The van der Waals surface area contributed by atoms with E-state index in [0.29, 0.717) is 6.04 Å². The molecule has 2 aromatic rings. The zero-order chi connectivity index (χ0) is 19.7. The van der Waals surface area contributed by atoms with E-state index in [1.807, 2.05) is 12.1 Å². The third-order valence-electron chi connectivity index (χ3n) is 6.53. The number of methoxy groups -OCH3 is 1. The highest BCUT2D eigenvalue weighted by Crippen LogP contribution is 2.47. The summed E-state index contributed by atoms with van der Waals surface area (Å²) in [6.07, 6.45) is 5.82. The summed E-state index contributed by atoms with van der Waals surface area (Å²) in [6, 6.07) is 8.69. The standard InChI is InChI=1S/C22H27N3OS2/c1-4-14-12-25-8-7-15(14)9-20(25)22(28-13-23)18-11-21(27-3)24-19-6-5-16(26-2)10-17(18)19/h5-6,10-11,14-15,20,22H,4,7-9,12H2,1-3H3. The number of benzene rings is 1. The maximum Gasteiger partial charge on any atom is 0.134 e. The predicted octanol–water partition coefficient (Wildman–Crippen LogP) is 5.34. The van der Waals surface area contributed by atoms with Crippen LogP contribution in [0.5, 0.6) is 5.75 Å². The van der Waals surface area contributed by atoms with Crippen molar-refractivity contribution < 1.29 is 4.74 Å². The molecule has 5 rings (SSSR count). The topological polar surface area (TPSA) is 49.2 Å². The van der Waals surface area contributed by atoms with Gasteiger partial charge in [0.2, 0.25) is 0 Å². The van der Waals surface area contributed by atoms with Gasteiger partial charge in [-0.3, -0.25) is 4.90 Å². The van der Waals surface area contributed by atoms with Crippen molar-refractivity contribution in [3.05, 3.63) is 29.8 Å². The third-order valence-corrected chi connectivity index (χ3v) is 8.08. The van der Waals surface area contributed by atoms with Crippen molar-refractivity contribution in [1.82, 2.24) is 9.88 Å². The second-order valence-corrected chi connectivity index (χ2v) is 9.53. The molecule has 2 bridgehead atoms. The van der Waals surface area contributed by atoms with Crippen LogP contribution in [-0.4, -0.2) is 42.4 Å². The molecule has 4 heterocycles. The number of hydrogen-bond acceptors (Lipinski definition) is 6. The summed E-state index contributed by atoms with van der Waals surface area (Å²) < 4.78 is 5.48. The molecule has 0 radical (unpaired) electrons. The molecule has 3 fully saturated rings. The van der Waals surface area contributed by atoms with Gasteiger partial charge in [-0.05, 0) is 79.1 Å². The molecular weight excluding hydrogens is 386 g/mol. The summed E-state index contributed by atoms with van der Waals surface area (Å²) in [5.41, 5.74) is 2.21. The molecule has 3 aliphatic rings. The fourth-order valence-electron chi connectivity index (χ4n) is 5.04. The Bertz CT molecular complexity index is 897. The first-order valence-electron chi connectivity index (χ1n) is 10.00. The smallest absolute Gasteiger partial charge is 0.134 e. The lowest BCUT2D eigenvalue weighted by Crippen LogP contribution is -2.54. The Kier molecular flexibility index (Phi) is 6.05. The van der Waals surface area contributed by atoms with Gasteiger partial charge < -0.3 is 4.74 Å². The van der Waals surface area contributed by atoms with Crippen LogP contribution >= 0.6 is 23.5 Å². The summed E-state index contributed by atoms with van der Waals surface area (Å²) in [5, 5.41) is 14.3. The molecule has 3 aliphatic heterocycles. The number of nitriles is 1. The van der Waals surface area contributed by atoms with Gasteiger partial charge in [-0.2, -0.15) is 5.26 Å². The van der Waals surface area contributed by atoms with E-state index in [1.54, 1.807) is 18.9 Å². The molecule has 1 aromatic carbocycles. The summed E-state index contributed by atoms with van der Waals surface area (Å²) in [6.45, 7) is 4.66. The fraction of sp³-hybridized carbons (Fsp3) is 0.545. The van der Waals surface area contributed by atoms with Crippen LogP contribution in [0.4, 0.5) is 0 Å². The molecule has 28 heavy (non-hydrogen) atoms. The summed E-state index contributed by atoms with van der Waals surface area (Å²) in [5.74, 6) is 2.45. The van der Waals surface area contributed by atoms with Crippen molar-refractivity contribution in [1.29, 1.82) is 5.26 Å². The Morgan fingerprint density at radius 1 is 1.39 bits per heavy atom. The molecule has 0 spiro atoms. The van der Waals surface area contributed by atoms with Gasteiger partial charge in [0, 0.05) is 18.0 Å². The van der Waals surface area contributed by atoms with Crippen molar-refractivity contribution in [2.75, 3.05) is 26.5 Å². The van der Waals surface area contributed by atoms with Crippen LogP contribution in [0, 0.1) is 22.5 Å². The van der Waals surface area contributed by atoms with E-state index in [-0.39, 0.29) is 5.25 Å². The van der Waals surface area contributed by atoms with Gasteiger partial charge in [-0.1, -0.05) is 13.3 Å². The second kappa shape index (κ2) is 8.52. The largest absolute Gasteiger partial charge is 0.497 e. The molecule has 1 aromatic heterocycles. The summed E-state index contributed by atoms with van der Waals surface area (Å²) in [7, 11) is 1.70. The van der Waals surface area contributed by atoms with Crippen LogP contribution in [0.1, 0.15) is 37.0 Å². The first-order chi connectivity index (χ1) is 13.7. The minimum Gasteiger partial charge on any atom is -0.497 e. The van der Waals surface area contributed by atoms with E-state index < -0.39 is 0 Å². The molecule has 5 unspecified atom stereocenters. The van der Waals surface area contributed by atoms with Gasteiger partial charge in [0.1, 0.15) is 11.2 Å². The number of fused-ring (bicyclic) bond motifs is 4. The molecule has 4 nitrogen and oxygen atoms in total. The van der Waals surface area contributed by atoms with Crippen LogP contribution in [0.2, 0.25) is 0 Å². The van der Waals surface area contributed by atoms with Gasteiger partial charge in [0.25, 0.3) is 0 Å². The number of aromatic nitrogens is 1. The van der Waals surface area contributed by atoms with Crippen molar-refractivity contribution in [2.24, 2.45) is 11.8 Å². The van der Waals surface area contributed by atoms with E-state index >= 15 is 0 Å². The Hall–Kier alpha value is -1.42. The summed E-state index contributed by atoms with van der Waals surface area (Å²) >= 11 is 3.08. The third kappa shape index (κ3) is 3.60. The van der Waals surface area contributed by atoms with Crippen LogP contribution < -0.4 is 4.74 Å². The van der Waals surface area contributed by atoms with E-state index in [9.17, 15) is 5.26 Å². The normalized spacial score (nSPS) is 27.5. The molecule has 0 aliphatic carbocycles. The molecule has 0 N–H and O–H groups in total. The van der Waals surface area contributed by atoms with Gasteiger partial charge in [0.05, 0.1) is 22.9 Å². The van der Waals surface area contributed by atoms with Gasteiger partial charge >= 0.3 is 0 Å². The Labute approximate surface area is 176 Å². The molecule has 0 saturated carbocycles. The maximum absolute atomic E-state index is 9.65. The van der Waals surface area contributed by atoms with Gasteiger partial charge in [-0.25, -0.2) is 4.98 Å². The monoisotopic (exact) mass is 413 g/mol. The van der Waals surface area contributed by atoms with Crippen LogP contribution in [0.25, 0.3) is 10.9 Å². The molecule has 148 valence electrons. The Morgan fingerprint density at radius 3 is 2.89 bits per heavy atom. The lowest BCUT2D eigenvalue weighted by Gasteiger charge is -2.51. The van der Waals surface area contributed by atoms with Crippen molar-refractivity contribution >= 4 is 34.4 Å². The zero-order valence-electron chi connectivity index (χ0n) is 16.7. The number of rotatable bonds is 6. The minimum absolute atomic E-state index is 0.133. The van der Waals surface area contributed by atoms with Crippen LogP contribution in [0.3, 0.4) is 0 Å². The predicted molar refractivity (Wildman–Crippen MR) is 118 cm³/mol. The second-order valence-electron chi connectivity index (χ2n) is 7.78. The van der Waals surface area contributed by atoms with Crippen molar-refractivity contribution in [2.45, 2.75) is 42.5 Å². The highest BCUT2D eigenvalue weighted by Gasteiger charge is 2.43. The molecule has 5 atom stereocenters. The molecular formula is C22H27N3OS2. The van der Waals surface area contributed by atoms with Crippen LogP contribution in [-0.2, 0) is 0 Å². The number of nitrogens with zero attached hydrogens (tertiary/aromatic N) is 3.